The summed E-state index contributed by atoms with van der Waals surface area (Å²) in [5, 5.41) is 11.6. The van der Waals surface area contributed by atoms with Gasteiger partial charge in [-0.1, -0.05) is 29.5 Å². The van der Waals surface area contributed by atoms with Gasteiger partial charge in [-0.25, -0.2) is 9.37 Å². The number of hydrogen-bond donors (Lipinski definition) is 1. The molecule has 1 saturated heterocycles. The second-order valence-corrected chi connectivity index (χ2v) is 9.39. The van der Waals surface area contributed by atoms with E-state index in [1.54, 1.807) is 42.5 Å². The predicted octanol–water partition coefficient (Wildman–Crippen LogP) is 4.84. The van der Waals surface area contributed by atoms with Crippen LogP contribution < -0.4 is 19.1 Å². The largest absolute Gasteiger partial charge is 0.507 e. The number of Topliss-reactive ketones (excluding diaryl/α,β-unsaturated/α-hetero) is 1. The van der Waals surface area contributed by atoms with E-state index < -0.39 is 23.5 Å². The first-order chi connectivity index (χ1) is 18.0. The molecule has 1 N–H and O–H groups in total. The highest BCUT2D eigenvalue weighted by Crippen LogP contribution is 2.47. The van der Waals surface area contributed by atoms with Gasteiger partial charge in [0.2, 0.25) is 0 Å². The maximum absolute atomic E-state index is 13.8. The average molecular weight is 519 g/mol. The molecule has 1 atom stereocenters. The molecule has 2 aliphatic heterocycles. The van der Waals surface area contributed by atoms with Gasteiger partial charge in [0.05, 0.1) is 22.9 Å². The van der Waals surface area contributed by atoms with Gasteiger partial charge in [0.1, 0.15) is 36.6 Å². The van der Waals surface area contributed by atoms with Gasteiger partial charge in [0, 0.05) is 11.1 Å². The summed E-state index contributed by atoms with van der Waals surface area (Å²) in [5.74, 6) is -1.20. The Labute approximate surface area is 214 Å². The number of carbonyl (C=O) groups is 2. The predicted molar refractivity (Wildman–Crippen MR) is 135 cm³/mol. The monoisotopic (exact) mass is 518 g/mol. The van der Waals surface area contributed by atoms with E-state index in [4.69, 9.17) is 14.2 Å². The Bertz CT molecular complexity index is 1610. The highest BCUT2D eigenvalue weighted by molar-refractivity contribution is 7.22. The van der Waals surface area contributed by atoms with Gasteiger partial charge in [0.15, 0.2) is 16.6 Å². The first-order valence-corrected chi connectivity index (χ1v) is 12.2. The van der Waals surface area contributed by atoms with E-state index in [0.717, 1.165) is 11.3 Å². The Morgan fingerprint density at radius 2 is 1.86 bits per heavy atom. The molecule has 0 bridgehead atoms. The molecule has 8 nitrogen and oxygen atoms in total. The molecule has 2 aliphatic rings. The van der Waals surface area contributed by atoms with Crippen molar-refractivity contribution in [3.05, 3.63) is 83.2 Å². The van der Waals surface area contributed by atoms with Crippen molar-refractivity contribution in [1.82, 2.24) is 4.98 Å². The Balaban J connectivity index is 1.56. The molecule has 3 aromatic carbocycles. The van der Waals surface area contributed by atoms with Gasteiger partial charge in [-0.15, -0.1) is 0 Å². The Morgan fingerprint density at radius 1 is 1.08 bits per heavy atom. The van der Waals surface area contributed by atoms with Crippen molar-refractivity contribution in [2.75, 3.05) is 25.2 Å². The van der Waals surface area contributed by atoms with Crippen molar-refractivity contribution in [2.24, 2.45) is 0 Å². The molecule has 4 aromatic rings. The number of ketones is 1. The molecule has 3 heterocycles. The normalized spacial score (nSPS) is 18.4. The number of aliphatic hydroxyl groups is 1. The second kappa shape index (κ2) is 8.90. The van der Waals surface area contributed by atoms with Crippen LogP contribution in [0.1, 0.15) is 17.2 Å². The standard InChI is InChI=1S/C27H19FN2O6S/c1-34-18-5-3-2-4-16(18)23-22(24(31)14-6-9-19-20(12-14)36-11-10-35-19)25(32)26(33)30(23)27-29-17-8-7-15(28)13-21(17)37-27/h2-9,12-13,23,31H,10-11H2,1H3/b24-22+. The number of rotatable bonds is 4. The van der Waals surface area contributed by atoms with Crippen molar-refractivity contribution >= 4 is 44.1 Å². The van der Waals surface area contributed by atoms with Crippen LogP contribution in [0.5, 0.6) is 17.2 Å². The SMILES string of the molecule is COc1ccccc1C1/C(=C(\O)c2ccc3c(c2)OCCO3)C(=O)C(=O)N1c1nc2ccc(F)cc2s1. The van der Waals surface area contributed by atoms with Gasteiger partial charge < -0.3 is 19.3 Å². The highest BCUT2D eigenvalue weighted by Gasteiger charge is 2.49. The van der Waals surface area contributed by atoms with E-state index >= 15 is 0 Å². The number of ether oxygens (including phenoxy) is 3. The van der Waals surface area contributed by atoms with Crippen LogP contribution in [-0.2, 0) is 9.59 Å². The fourth-order valence-corrected chi connectivity index (χ4v) is 5.57. The molecule has 186 valence electrons. The van der Waals surface area contributed by atoms with Crippen LogP contribution in [0.15, 0.2) is 66.2 Å². The number of aliphatic hydroxyl groups excluding tert-OH is 1. The lowest BCUT2D eigenvalue weighted by atomic mass is 9.94. The number of nitrogens with zero attached hydrogens (tertiary/aromatic N) is 2. The number of fused-ring (bicyclic) bond motifs is 2. The number of anilines is 1. The molecule has 0 radical (unpaired) electrons. The summed E-state index contributed by atoms with van der Waals surface area (Å²) in [6.07, 6.45) is 0. The number of carbonyl (C=O) groups excluding carboxylic acids is 2. The number of hydrogen-bond acceptors (Lipinski definition) is 8. The minimum Gasteiger partial charge on any atom is -0.507 e. The van der Waals surface area contributed by atoms with E-state index in [9.17, 15) is 19.1 Å². The second-order valence-electron chi connectivity index (χ2n) is 8.38. The van der Waals surface area contributed by atoms with Crippen molar-refractivity contribution in [1.29, 1.82) is 0 Å². The molecule has 10 heteroatoms. The molecule has 1 amide bonds. The van der Waals surface area contributed by atoms with E-state index in [1.165, 1.54) is 30.2 Å². The lowest BCUT2D eigenvalue weighted by Crippen LogP contribution is -2.29. The number of amides is 1. The molecule has 1 aromatic heterocycles. The molecule has 0 aliphatic carbocycles. The number of para-hydroxylation sites is 1. The third kappa shape index (κ3) is 3.77. The zero-order valence-corrected chi connectivity index (χ0v) is 20.3. The van der Waals surface area contributed by atoms with Crippen molar-refractivity contribution in [3.8, 4) is 17.2 Å². The zero-order valence-electron chi connectivity index (χ0n) is 19.4. The van der Waals surface area contributed by atoms with Crippen LogP contribution in [-0.4, -0.2) is 42.1 Å². The summed E-state index contributed by atoms with van der Waals surface area (Å²) in [7, 11) is 1.48. The van der Waals surface area contributed by atoms with Gasteiger partial charge in [-0.2, -0.15) is 0 Å². The fraction of sp³-hybridized carbons (Fsp3) is 0.148. The lowest BCUT2D eigenvalue weighted by Gasteiger charge is -2.24. The van der Waals surface area contributed by atoms with Crippen molar-refractivity contribution in [2.45, 2.75) is 6.04 Å². The summed E-state index contributed by atoms with van der Waals surface area (Å²) in [4.78, 5) is 32.6. The lowest BCUT2D eigenvalue weighted by molar-refractivity contribution is -0.132. The topological polar surface area (TPSA) is 98.2 Å². The number of benzene rings is 3. The molecule has 1 unspecified atom stereocenters. The number of aromatic nitrogens is 1. The third-order valence-electron chi connectivity index (χ3n) is 6.24. The molecular weight excluding hydrogens is 499 g/mol. The van der Waals surface area contributed by atoms with Crippen molar-refractivity contribution < 1.29 is 33.3 Å². The van der Waals surface area contributed by atoms with Crippen LogP contribution in [0.2, 0.25) is 0 Å². The third-order valence-corrected chi connectivity index (χ3v) is 7.26. The molecular formula is C27H19FN2O6S. The summed E-state index contributed by atoms with van der Waals surface area (Å²) < 4.78 is 31.1. The van der Waals surface area contributed by atoms with E-state index in [1.807, 2.05) is 0 Å². The highest BCUT2D eigenvalue weighted by atomic mass is 32.1. The van der Waals surface area contributed by atoms with Gasteiger partial charge >= 0.3 is 5.91 Å². The summed E-state index contributed by atoms with van der Waals surface area (Å²) >= 11 is 1.07. The first kappa shape index (κ1) is 23.0. The Kier molecular flexibility index (Phi) is 5.53. The van der Waals surface area contributed by atoms with Crippen LogP contribution in [0, 0.1) is 5.82 Å². The summed E-state index contributed by atoms with van der Waals surface area (Å²) in [5.41, 5.74) is 1.12. The molecule has 0 saturated carbocycles. The van der Waals surface area contributed by atoms with Gasteiger partial charge in [-0.3, -0.25) is 14.5 Å². The molecule has 1 fully saturated rings. The number of methoxy groups -OCH3 is 1. The van der Waals surface area contributed by atoms with E-state index in [-0.39, 0.29) is 22.0 Å². The van der Waals surface area contributed by atoms with Crippen LogP contribution >= 0.6 is 11.3 Å². The smallest absolute Gasteiger partial charge is 0.301 e. The first-order valence-electron chi connectivity index (χ1n) is 11.4. The van der Waals surface area contributed by atoms with E-state index in [2.05, 4.69) is 4.98 Å². The zero-order chi connectivity index (χ0) is 25.7. The quantitative estimate of drug-likeness (QED) is 0.235. The Hall–Kier alpha value is -4.44. The van der Waals surface area contributed by atoms with Crippen molar-refractivity contribution in [3.63, 3.8) is 0 Å². The van der Waals surface area contributed by atoms with Crippen LogP contribution in [0.4, 0.5) is 9.52 Å². The molecule has 0 spiro atoms. The summed E-state index contributed by atoms with van der Waals surface area (Å²) in [6, 6.07) is 14.8. The van der Waals surface area contributed by atoms with Crippen LogP contribution in [0.25, 0.3) is 16.0 Å². The van der Waals surface area contributed by atoms with Crippen LogP contribution in [0.3, 0.4) is 0 Å². The van der Waals surface area contributed by atoms with Gasteiger partial charge in [-0.05, 0) is 42.5 Å². The number of halogens is 1. The number of thiazole rings is 1. The fourth-order valence-electron chi connectivity index (χ4n) is 4.55. The van der Waals surface area contributed by atoms with Gasteiger partial charge in [0.25, 0.3) is 5.78 Å². The molecule has 6 rings (SSSR count). The van der Waals surface area contributed by atoms with E-state index in [0.29, 0.717) is 46.2 Å². The maximum Gasteiger partial charge on any atom is 0.301 e. The molecule has 37 heavy (non-hydrogen) atoms. The average Bonchev–Trinajstić information content (AvgIpc) is 3.45. The minimum absolute atomic E-state index is 0.128. The minimum atomic E-state index is -1.05. The maximum atomic E-state index is 13.8. The summed E-state index contributed by atoms with van der Waals surface area (Å²) in [6.45, 7) is 0.754. The Morgan fingerprint density at radius 3 is 2.68 bits per heavy atom.